The molecular formula is C114H119BBr2Cl2F14LiNO14. The van der Waals surface area contributed by atoms with Gasteiger partial charge in [0.2, 0.25) is 28.7 Å². The van der Waals surface area contributed by atoms with Crippen LogP contribution in [-0.4, -0.2) is 100 Å². The predicted molar refractivity (Wildman–Crippen MR) is 569 cm³/mol. The number of imide groups is 1. The number of nitrogens with one attached hydrogen (secondary N) is 1. The van der Waals surface area contributed by atoms with Gasteiger partial charge in [0.25, 0.3) is 0 Å². The molecule has 15 nitrogen and oxygen atoms in total. The number of hydrogen-bond acceptors (Lipinski definition) is 14. The summed E-state index contributed by atoms with van der Waals surface area (Å²) in [7, 11) is 6.31. The van der Waals surface area contributed by atoms with Gasteiger partial charge in [-0.05, 0) is 155 Å². The van der Waals surface area contributed by atoms with E-state index in [1.165, 1.54) is 73.7 Å². The molecular weight excluding hydrogens is 2120 g/mol. The Bertz CT molecular complexity index is 6820. The van der Waals surface area contributed by atoms with Gasteiger partial charge in [-0.1, -0.05) is 264 Å². The van der Waals surface area contributed by atoms with Gasteiger partial charge < -0.3 is 63.1 Å². The first-order chi connectivity index (χ1) is 68.0. The number of rotatable bonds is 15. The molecule has 2 amide bonds. The first kappa shape index (κ1) is 125. The van der Waals surface area contributed by atoms with Crippen LogP contribution in [0.25, 0.3) is 100 Å². The second-order valence-corrected chi connectivity index (χ2v) is 40.7. The van der Waals surface area contributed by atoms with Crippen molar-refractivity contribution in [2.24, 2.45) is 0 Å². The fraction of sp³-hybridized carbons (Fsp3) is 0.325. The van der Waals surface area contributed by atoms with Crippen molar-refractivity contribution in [2.45, 2.75) is 206 Å². The molecule has 35 heteroatoms. The Morgan fingerprint density at radius 1 is 0.423 bits per heavy atom. The van der Waals surface area contributed by atoms with Crippen LogP contribution in [0.3, 0.4) is 0 Å². The van der Waals surface area contributed by atoms with E-state index >= 15 is 26.3 Å². The van der Waals surface area contributed by atoms with Gasteiger partial charge in [-0.2, -0.15) is 59.1 Å². The van der Waals surface area contributed by atoms with Crippen LogP contribution in [-0.2, 0) is 36.7 Å². The first-order valence-corrected chi connectivity index (χ1v) is 47.6. The number of furan rings is 4. The third-order valence-corrected chi connectivity index (χ3v) is 25.0. The quantitative estimate of drug-likeness (QED) is 0.0288. The Hall–Kier alpha value is -11.3. The second-order valence-electron chi connectivity index (χ2n) is 39.4. The Kier molecular flexibility index (Phi) is 41.7. The maximum absolute atomic E-state index is 16.7. The number of allylic oxidation sites excluding steroid dienone is 4. The fourth-order valence-corrected chi connectivity index (χ4v) is 15.8. The van der Waals surface area contributed by atoms with Crippen molar-refractivity contribution in [3.8, 4) is 79.8 Å². The van der Waals surface area contributed by atoms with Crippen molar-refractivity contribution < 1.29 is 146 Å². The van der Waals surface area contributed by atoms with Crippen molar-refractivity contribution in [3.05, 3.63) is 297 Å². The molecule has 0 unspecified atom stereocenters. The molecule has 2 aliphatic carbocycles. The van der Waals surface area contributed by atoms with E-state index < -0.39 is 76.6 Å². The molecule has 1 aliphatic heterocycles. The number of benzene rings is 10. The average molecular weight is 2240 g/mol. The third-order valence-electron chi connectivity index (χ3n) is 23.8. The molecule has 14 aromatic rings. The molecule has 0 bridgehead atoms. The number of hydrogen-bond donors (Lipinski definition) is 3. The molecule has 4 aromatic heterocycles. The molecule has 0 atom stereocenters. The van der Waals surface area contributed by atoms with E-state index in [4.69, 9.17) is 79.3 Å². The van der Waals surface area contributed by atoms with E-state index in [2.05, 4.69) is 152 Å². The molecule has 3 N–H and O–H groups in total. The van der Waals surface area contributed by atoms with Gasteiger partial charge in [0, 0.05) is 109 Å². The van der Waals surface area contributed by atoms with Crippen LogP contribution in [0.15, 0.2) is 269 Å². The van der Waals surface area contributed by atoms with E-state index in [9.17, 15) is 44.7 Å². The zero-order chi connectivity index (χ0) is 108. The van der Waals surface area contributed by atoms with E-state index in [1.54, 1.807) is 100 Å². The van der Waals surface area contributed by atoms with Gasteiger partial charge in [0.05, 0.1) is 45.6 Å². The molecule has 0 radical (unpaired) electrons. The number of methoxy groups -OCH3 is 5. The van der Waals surface area contributed by atoms with Crippen LogP contribution in [0.4, 0.5) is 61.5 Å². The average Bonchev–Trinajstić information content (AvgIpc) is 1.51. The van der Waals surface area contributed by atoms with Gasteiger partial charge in [-0.15, -0.1) is 17.0 Å². The second kappa shape index (κ2) is 49.8. The normalized spacial score (nSPS) is 15.1. The molecule has 17 rings (SSSR count). The minimum Gasteiger partial charge on any atom is -0.497 e. The summed E-state index contributed by atoms with van der Waals surface area (Å²) in [6, 6.07) is 67.1. The maximum atomic E-state index is 16.7. The van der Waals surface area contributed by atoms with Gasteiger partial charge in [-0.3, -0.25) is 14.9 Å². The fourth-order valence-electron chi connectivity index (χ4n) is 15.0. The van der Waals surface area contributed by atoms with E-state index in [0.29, 0.717) is 29.8 Å². The molecule has 1 fully saturated rings. The molecule has 0 saturated carbocycles. The molecule has 10 aromatic carbocycles. The van der Waals surface area contributed by atoms with Gasteiger partial charge >= 0.3 is 61.5 Å². The van der Waals surface area contributed by atoms with Crippen LogP contribution in [0.1, 0.15) is 183 Å². The number of unbranched alkanes of at least 4 members (excludes halogenated alkanes) is 1. The number of fused-ring (bicyclic) bond motifs is 4. The third kappa shape index (κ3) is 28.2. The Morgan fingerprint density at radius 3 is 1.03 bits per heavy atom. The zero-order valence-electron chi connectivity index (χ0n) is 85.7. The summed E-state index contributed by atoms with van der Waals surface area (Å²) in [5.74, 6) is -36.7. The van der Waals surface area contributed by atoms with Crippen LogP contribution in [0, 0.1) is 6.92 Å². The van der Waals surface area contributed by atoms with Crippen LogP contribution >= 0.6 is 56.1 Å². The van der Waals surface area contributed by atoms with E-state index in [-0.39, 0.29) is 143 Å². The molecule has 1 saturated heterocycles. The van der Waals surface area contributed by atoms with Crippen molar-refractivity contribution in [1.82, 2.24) is 5.32 Å². The molecule has 3 aliphatic rings. The van der Waals surface area contributed by atoms with Gasteiger partial charge in [0.1, 0.15) is 79.9 Å². The number of alkyl halides is 12. The summed E-state index contributed by atoms with van der Waals surface area (Å²) in [5.41, 5.74) is 7.13. The van der Waals surface area contributed by atoms with Crippen molar-refractivity contribution in [1.29, 1.82) is 0 Å². The zero-order valence-corrected chi connectivity index (χ0v) is 90.5. The Morgan fingerprint density at radius 2 is 0.718 bits per heavy atom. The Labute approximate surface area is 899 Å². The smallest absolute Gasteiger partial charge is 0.497 e. The summed E-state index contributed by atoms with van der Waals surface area (Å²) in [6.45, 7) is 37.3. The van der Waals surface area contributed by atoms with Crippen LogP contribution in [0.2, 0.25) is 0 Å². The minimum atomic E-state index is -6.06. The standard InChI is InChI=1S/C43H38F6O4.C19H19BrO2.C19H20O2.C10H15BO2.C9H8Cl2O2.C5F8.C4H5NO2.C4H9.CH4.BrH.Li/c1-39(2,3)25-13-9-23(10-14-25)37-33(29-19-17-27(50-7)21-31(29)52-37)35-36(42(46,47)43(48,49)41(35,44)45)34-30-20-18-28(51-8)22-32(30)53-38(34)24-11-15-26(16-12-24)40(4,5)6;1-19(2,3)13-7-5-12(6-8-13)18-17(20)15-10-9-14(21-4)11-16(15)22-18;1-19(2,3)15-8-5-13(6-9-15)17-11-14-7-10-16(20-4)12-18(14)21-17;1-10(2,3)8-4-6-9(7-5-8)11(12)13;1-12-7-3-2-4-8(5-7)13-9(11)6-10;6-1-2(7)4(10,11)5(12,13)3(1,8)9;6-3-1-2-4(7)5-3;1-3-4-2;;;/h9-22H,1-8H3;5-11H,1-4H3;5-12H,1-4H3;4-7,12-13H,1-3H3;2-6H,1H3;;1-2H2,(H,5,6,7);1,3-4H2,2H3;1H4;1H;/q;;;;;;;-1;;;+1/b;;;;9-6-;;;;;;. The summed E-state index contributed by atoms with van der Waals surface area (Å²) < 4.78 is 251. The molecule has 0 spiro atoms. The molecule has 149 heavy (non-hydrogen) atoms. The monoisotopic (exact) mass is 2240 g/mol. The molecule has 5 heterocycles. The number of amides is 2. The number of carbonyl (C=O) groups excluding carboxylic acids is 2. The summed E-state index contributed by atoms with van der Waals surface area (Å²) in [5, 5.41) is 22.0. The van der Waals surface area contributed by atoms with Crippen LogP contribution in [0.5, 0.6) is 34.5 Å². The summed E-state index contributed by atoms with van der Waals surface area (Å²) in [4.78, 5) is 20.2. The van der Waals surface area contributed by atoms with Gasteiger partial charge in [0.15, 0.2) is 0 Å². The van der Waals surface area contributed by atoms with Crippen LogP contribution < -0.4 is 58.1 Å². The number of carbonyl (C=O) groups is 2. The SMILES string of the molecule is Br.C.CC(C)(C)c1ccc(B(O)O)cc1.COc1ccc2c(Br)c(-c3ccc(C(C)(C)C)cc3)oc2c1.COc1ccc2c(C3=C(c4c(-c5ccc(C(C)(C)C)cc5)oc5cc(OC)ccc45)C(F)(F)C(F)(F)C3(F)F)c(-c3ccc(C(C)(C)C)cc3)oc2c1.COc1ccc2cc(-c3ccc(C(C)(C)C)cc3)oc2c1.COc1cccc(O/C(Cl)=C\Cl)c1.FC1=C(F)C(F)(F)C(F)(F)C1(F)F.O=C1CCC(=O)N1.[CH2-]CCC.[Li+]. The van der Waals surface area contributed by atoms with Crippen molar-refractivity contribution in [2.75, 3.05) is 35.5 Å². The summed E-state index contributed by atoms with van der Waals surface area (Å²) >= 11 is 14.5. The number of halogens is 18. The minimum absolute atomic E-state index is 0. The topological polar surface area (TPSA) is 195 Å². The maximum Gasteiger partial charge on any atom is 1.00 e. The number of ether oxygens (including phenoxy) is 6. The van der Waals surface area contributed by atoms with Crippen molar-refractivity contribution in [3.63, 3.8) is 0 Å². The first-order valence-electron chi connectivity index (χ1n) is 46.0. The van der Waals surface area contributed by atoms with Crippen molar-refractivity contribution >= 4 is 136 Å². The molecule has 794 valence electrons. The van der Waals surface area contributed by atoms with E-state index in [1.807, 2.05) is 96.1 Å². The Balaban J connectivity index is 0.000000260. The summed E-state index contributed by atoms with van der Waals surface area (Å²) in [6.07, 6.45) is 3.03. The predicted octanol–water partition coefficient (Wildman–Crippen LogP) is 30.9. The van der Waals surface area contributed by atoms with E-state index in [0.717, 1.165) is 83.6 Å². The van der Waals surface area contributed by atoms with Gasteiger partial charge in [-0.25, -0.2) is 8.78 Å². The largest absolute Gasteiger partial charge is 1.00 e.